The molecule has 3 rings (SSSR count). The number of piperidine rings is 1. The van der Waals surface area contributed by atoms with Gasteiger partial charge < -0.3 is 10.0 Å². The van der Waals surface area contributed by atoms with Crippen molar-refractivity contribution in [1.82, 2.24) is 9.47 Å². The molecule has 1 N–H and O–H groups in total. The third kappa shape index (κ3) is 5.14. The Morgan fingerprint density at radius 2 is 2.00 bits per heavy atom. The minimum absolute atomic E-state index is 0.0419. The summed E-state index contributed by atoms with van der Waals surface area (Å²) in [5.74, 6) is 0.147. The highest BCUT2D eigenvalue weighted by molar-refractivity contribution is 8.26. The van der Waals surface area contributed by atoms with Crippen LogP contribution < -0.4 is 10.5 Å². The number of nitrogens with zero attached hydrogens (tertiary/aromatic N) is 4. The Morgan fingerprint density at radius 1 is 1.33 bits per heavy atom. The highest BCUT2D eigenvalue weighted by Gasteiger charge is 2.33. The fourth-order valence-corrected chi connectivity index (χ4v) is 5.50. The molecule has 176 valence electrons. The van der Waals surface area contributed by atoms with Crippen LogP contribution in [0.15, 0.2) is 9.70 Å². The Bertz CT molecular complexity index is 1110. The molecule has 0 spiro atoms. The van der Waals surface area contributed by atoms with Gasteiger partial charge in [0, 0.05) is 38.2 Å². The van der Waals surface area contributed by atoms with E-state index in [1.807, 2.05) is 13.0 Å². The van der Waals surface area contributed by atoms with Gasteiger partial charge in [-0.1, -0.05) is 30.9 Å². The summed E-state index contributed by atoms with van der Waals surface area (Å²) in [5.41, 5.74) is 1.00. The third-order valence-electron chi connectivity index (χ3n) is 6.17. The first kappa shape index (κ1) is 25.0. The Labute approximate surface area is 202 Å². The minimum atomic E-state index is -0.919. The summed E-state index contributed by atoms with van der Waals surface area (Å²) < 4.78 is 2.01. The van der Waals surface area contributed by atoms with Gasteiger partial charge in [-0.25, -0.2) is 0 Å². The maximum atomic E-state index is 13.1. The first-order valence-electron chi connectivity index (χ1n) is 11.1. The van der Waals surface area contributed by atoms with Crippen molar-refractivity contribution in [2.24, 2.45) is 5.92 Å². The summed E-state index contributed by atoms with van der Waals surface area (Å²) in [6.07, 6.45) is 4.01. The Morgan fingerprint density at radius 3 is 2.58 bits per heavy atom. The molecule has 3 heterocycles. The SMILES string of the molecule is CCn1c(N2CCC(C)CC2)c(/C=C2\SC(=S)N(CCCC(=O)O)C2=O)c(C)c(C#N)c1=O. The lowest BCUT2D eigenvalue weighted by molar-refractivity contribution is -0.137. The van der Waals surface area contributed by atoms with E-state index in [-0.39, 0.29) is 30.0 Å². The quantitative estimate of drug-likeness (QED) is 0.460. The van der Waals surface area contributed by atoms with E-state index in [0.29, 0.717) is 39.2 Å². The van der Waals surface area contributed by atoms with Crippen LogP contribution in [0.4, 0.5) is 5.82 Å². The molecule has 1 aromatic heterocycles. The number of carboxylic acids is 1. The monoisotopic (exact) mass is 488 g/mol. The van der Waals surface area contributed by atoms with Crippen LogP contribution in [0.1, 0.15) is 56.2 Å². The second kappa shape index (κ2) is 10.5. The third-order valence-corrected chi connectivity index (χ3v) is 7.54. The fraction of sp³-hybridized carbons (Fsp3) is 0.522. The van der Waals surface area contributed by atoms with Crippen LogP contribution in [0.2, 0.25) is 0 Å². The summed E-state index contributed by atoms with van der Waals surface area (Å²) in [6, 6.07) is 2.04. The van der Waals surface area contributed by atoms with Crippen LogP contribution in [0, 0.1) is 24.2 Å². The van der Waals surface area contributed by atoms with E-state index in [4.69, 9.17) is 17.3 Å². The lowest BCUT2D eigenvalue weighted by atomic mass is 9.97. The number of thiocarbonyl (C=S) groups is 1. The number of carbonyl (C=O) groups is 2. The Hall–Kier alpha value is -2.64. The van der Waals surface area contributed by atoms with Crippen molar-refractivity contribution in [1.29, 1.82) is 5.26 Å². The van der Waals surface area contributed by atoms with Crippen molar-refractivity contribution < 1.29 is 14.7 Å². The molecule has 2 saturated heterocycles. The van der Waals surface area contributed by atoms with Crippen molar-refractivity contribution in [2.45, 2.75) is 53.0 Å². The van der Waals surface area contributed by atoms with Gasteiger partial charge in [0.1, 0.15) is 21.8 Å². The average Bonchev–Trinajstić information content (AvgIpc) is 3.03. The zero-order chi connectivity index (χ0) is 24.3. The van der Waals surface area contributed by atoms with Crippen LogP contribution >= 0.6 is 24.0 Å². The Balaban J connectivity index is 2.08. The number of aliphatic carboxylic acids is 1. The standard InChI is InChI=1S/C23H28N4O4S2/c1-4-26-20(25-10-7-14(2)8-11-25)16(15(3)17(13-24)21(26)30)12-18-22(31)27(23(32)33-18)9-5-6-19(28)29/h12,14H,4-11H2,1-3H3,(H,28,29)/b18-12-. The first-order valence-corrected chi connectivity index (χ1v) is 12.3. The Kier molecular flexibility index (Phi) is 7.97. The van der Waals surface area contributed by atoms with E-state index in [2.05, 4.69) is 11.8 Å². The van der Waals surface area contributed by atoms with Gasteiger partial charge in [-0.15, -0.1) is 0 Å². The number of nitriles is 1. The number of hydrogen-bond donors (Lipinski definition) is 1. The van der Waals surface area contributed by atoms with Gasteiger partial charge in [0.05, 0.1) is 4.91 Å². The molecule has 0 unspecified atom stereocenters. The second-order valence-electron chi connectivity index (χ2n) is 8.40. The van der Waals surface area contributed by atoms with Crippen molar-refractivity contribution in [3.63, 3.8) is 0 Å². The predicted molar refractivity (Wildman–Crippen MR) is 133 cm³/mol. The summed E-state index contributed by atoms with van der Waals surface area (Å²) in [4.78, 5) is 41.0. The number of carboxylic acid groups (broad SMARTS) is 1. The lowest BCUT2D eigenvalue weighted by Crippen LogP contribution is -2.39. The number of amides is 1. The van der Waals surface area contributed by atoms with E-state index < -0.39 is 5.97 Å². The van der Waals surface area contributed by atoms with Crippen molar-refractivity contribution >= 4 is 52.1 Å². The molecule has 33 heavy (non-hydrogen) atoms. The summed E-state index contributed by atoms with van der Waals surface area (Å²) >= 11 is 6.54. The summed E-state index contributed by atoms with van der Waals surface area (Å²) in [5, 5.41) is 18.5. The normalized spacial score (nSPS) is 18.3. The molecule has 1 amide bonds. The lowest BCUT2D eigenvalue weighted by Gasteiger charge is -2.35. The number of thioether (sulfide) groups is 1. The van der Waals surface area contributed by atoms with Crippen molar-refractivity contribution in [3.05, 3.63) is 31.9 Å². The van der Waals surface area contributed by atoms with Gasteiger partial charge in [-0.3, -0.25) is 23.9 Å². The van der Waals surface area contributed by atoms with Gasteiger partial charge in [0.2, 0.25) is 0 Å². The van der Waals surface area contributed by atoms with E-state index in [9.17, 15) is 19.6 Å². The smallest absolute Gasteiger partial charge is 0.303 e. The maximum Gasteiger partial charge on any atom is 0.303 e. The molecule has 0 bridgehead atoms. The highest BCUT2D eigenvalue weighted by atomic mass is 32.2. The maximum absolute atomic E-state index is 13.1. The first-order chi connectivity index (χ1) is 15.7. The molecule has 0 aliphatic carbocycles. The molecule has 2 fully saturated rings. The van der Waals surface area contributed by atoms with Gasteiger partial charge in [0.15, 0.2) is 0 Å². The van der Waals surface area contributed by atoms with E-state index in [1.165, 1.54) is 4.90 Å². The molecule has 8 nitrogen and oxygen atoms in total. The van der Waals surface area contributed by atoms with Crippen LogP contribution in [-0.4, -0.2) is 50.4 Å². The number of anilines is 1. The number of hydrogen-bond acceptors (Lipinski definition) is 7. The molecule has 2 aliphatic heterocycles. The zero-order valence-corrected chi connectivity index (χ0v) is 20.7. The van der Waals surface area contributed by atoms with E-state index in [1.54, 1.807) is 17.6 Å². The molecule has 0 atom stereocenters. The molecule has 2 aliphatic rings. The van der Waals surface area contributed by atoms with Crippen LogP contribution in [0.5, 0.6) is 0 Å². The van der Waals surface area contributed by atoms with Gasteiger partial charge >= 0.3 is 5.97 Å². The largest absolute Gasteiger partial charge is 0.481 e. The fourth-order valence-electron chi connectivity index (χ4n) is 4.21. The number of pyridine rings is 1. The van der Waals surface area contributed by atoms with Crippen molar-refractivity contribution in [3.8, 4) is 6.07 Å². The average molecular weight is 489 g/mol. The van der Waals surface area contributed by atoms with E-state index >= 15 is 0 Å². The molecule has 10 heteroatoms. The number of aromatic nitrogens is 1. The zero-order valence-electron chi connectivity index (χ0n) is 19.1. The highest BCUT2D eigenvalue weighted by Crippen LogP contribution is 2.36. The number of carbonyl (C=O) groups excluding carboxylic acids is 1. The molecule has 1 aromatic rings. The molecular weight excluding hydrogens is 460 g/mol. The molecule has 0 radical (unpaired) electrons. The summed E-state index contributed by atoms with van der Waals surface area (Å²) in [7, 11) is 0. The topological polar surface area (TPSA) is 107 Å². The molecule has 0 aromatic carbocycles. The van der Waals surface area contributed by atoms with Gasteiger partial charge in [-0.05, 0) is 50.7 Å². The van der Waals surface area contributed by atoms with Gasteiger partial charge in [0.25, 0.3) is 11.5 Å². The van der Waals surface area contributed by atoms with Crippen LogP contribution in [-0.2, 0) is 16.1 Å². The predicted octanol–water partition coefficient (Wildman–Crippen LogP) is 3.35. The van der Waals surface area contributed by atoms with Crippen molar-refractivity contribution in [2.75, 3.05) is 24.5 Å². The second-order valence-corrected chi connectivity index (χ2v) is 10.1. The van der Waals surface area contributed by atoms with Crippen LogP contribution in [0.25, 0.3) is 6.08 Å². The minimum Gasteiger partial charge on any atom is -0.481 e. The number of rotatable bonds is 7. The molecule has 0 saturated carbocycles. The molecular formula is C23H28N4O4S2. The van der Waals surface area contributed by atoms with Crippen LogP contribution in [0.3, 0.4) is 0 Å². The summed E-state index contributed by atoms with van der Waals surface area (Å²) in [6.45, 7) is 8.07. The van der Waals surface area contributed by atoms with Gasteiger partial charge in [-0.2, -0.15) is 5.26 Å². The van der Waals surface area contributed by atoms with E-state index in [0.717, 1.165) is 43.5 Å².